The van der Waals surface area contributed by atoms with Crippen molar-refractivity contribution in [3.63, 3.8) is 0 Å². The first kappa shape index (κ1) is 16.8. The summed E-state index contributed by atoms with van der Waals surface area (Å²) in [6, 6.07) is 22.8. The highest BCUT2D eigenvalue weighted by Crippen LogP contribution is 2.28. The number of aromatic nitrogens is 2. The van der Waals surface area contributed by atoms with Crippen LogP contribution in [-0.4, -0.2) is 9.97 Å². The van der Waals surface area contributed by atoms with Crippen LogP contribution in [0.25, 0.3) is 22.3 Å². The van der Waals surface area contributed by atoms with Crippen LogP contribution in [0, 0.1) is 0 Å². The molecular weight excluding hydrogens is 367 g/mol. The van der Waals surface area contributed by atoms with Crippen molar-refractivity contribution < 1.29 is 4.74 Å². The zero-order chi connectivity index (χ0) is 17.9. The van der Waals surface area contributed by atoms with Crippen molar-refractivity contribution in [3.8, 4) is 17.3 Å². The van der Waals surface area contributed by atoms with E-state index in [1.165, 1.54) is 0 Å². The monoisotopic (exact) mass is 380 g/mol. The van der Waals surface area contributed by atoms with Gasteiger partial charge in [-0.25, -0.2) is 4.98 Å². The Morgan fingerprint density at radius 3 is 2.31 bits per heavy atom. The van der Waals surface area contributed by atoms with E-state index in [4.69, 9.17) is 27.9 Å². The third-order valence-corrected chi connectivity index (χ3v) is 4.61. The van der Waals surface area contributed by atoms with Gasteiger partial charge in [-0.1, -0.05) is 53.5 Å². The number of benzene rings is 3. The van der Waals surface area contributed by atoms with Gasteiger partial charge >= 0.3 is 0 Å². The second-order valence-electron chi connectivity index (χ2n) is 5.76. The molecule has 26 heavy (non-hydrogen) atoms. The first-order chi connectivity index (χ1) is 12.7. The molecule has 0 spiro atoms. The van der Waals surface area contributed by atoms with E-state index >= 15 is 0 Å². The molecule has 0 aliphatic heterocycles. The maximum absolute atomic E-state index is 6.23. The van der Waals surface area contributed by atoms with Gasteiger partial charge in [-0.2, -0.15) is 4.98 Å². The molecular formula is C21H14Cl2N2O. The van der Waals surface area contributed by atoms with E-state index < -0.39 is 0 Å². The van der Waals surface area contributed by atoms with Crippen molar-refractivity contribution in [3.05, 3.63) is 88.4 Å². The molecule has 4 aromatic rings. The normalized spacial score (nSPS) is 10.8. The SMILES string of the molecule is Clc1ccc(-c2nc(OCc3ccccc3Cl)c3ccccc3n2)cc1. The van der Waals surface area contributed by atoms with Gasteiger partial charge in [0.2, 0.25) is 5.88 Å². The van der Waals surface area contributed by atoms with Crippen molar-refractivity contribution >= 4 is 34.1 Å². The fourth-order valence-corrected chi connectivity index (χ4v) is 2.96. The zero-order valence-electron chi connectivity index (χ0n) is 13.7. The molecule has 3 nitrogen and oxygen atoms in total. The molecule has 0 amide bonds. The fourth-order valence-electron chi connectivity index (χ4n) is 2.65. The van der Waals surface area contributed by atoms with Crippen LogP contribution < -0.4 is 4.74 Å². The first-order valence-corrected chi connectivity index (χ1v) is 8.85. The summed E-state index contributed by atoms with van der Waals surface area (Å²) in [5, 5.41) is 2.20. The molecule has 1 aromatic heterocycles. The van der Waals surface area contributed by atoms with Crippen molar-refractivity contribution in [2.45, 2.75) is 6.61 Å². The average molecular weight is 381 g/mol. The van der Waals surface area contributed by atoms with E-state index in [2.05, 4.69) is 9.97 Å². The lowest BCUT2D eigenvalue weighted by molar-refractivity contribution is 0.298. The molecule has 0 fully saturated rings. The Hall–Kier alpha value is -2.62. The lowest BCUT2D eigenvalue weighted by atomic mass is 10.2. The lowest BCUT2D eigenvalue weighted by Gasteiger charge is -2.11. The molecule has 0 aliphatic rings. The standard InChI is InChI=1S/C21H14Cl2N2O/c22-16-11-9-14(10-12-16)20-24-19-8-4-2-6-17(19)21(25-20)26-13-15-5-1-3-7-18(15)23/h1-12H,13H2. The molecule has 3 aromatic carbocycles. The third-order valence-electron chi connectivity index (χ3n) is 3.99. The van der Waals surface area contributed by atoms with E-state index in [-0.39, 0.29) is 0 Å². The smallest absolute Gasteiger partial charge is 0.225 e. The summed E-state index contributed by atoms with van der Waals surface area (Å²) in [5.41, 5.74) is 2.61. The Bertz CT molecular complexity index is 1070. The number of hydrogen-bond donors (Lipinski definition) is 0. The minimum atomic E-state index is 0.334. The van der Waals surface area contributed by atoms with Crippen LogP contribution >= 0.6 is 23.2 Å². The summed E-state index contributed by atoms with van der Waals surface area (Å²) < 4.78 is 6.01. The predicted octanol–water partition coefficient (Wildman–Crippen LogP) is 6.18. The van der Waals surface area contributed by atoms with Crippen molar-refractivity contribution in [2.75, 3.05) is 0 Å². The summed E-state index contributed by atoms with van der Waals surface area (Å²) >= 11 is 12.2. The largest absolute Gasteiger partial charge is 0.472 e. The quantitative estimate of drug-likeness (QED) is 0.423. The van der Waals surface area contributed by atoms with Crippen LogP contribution in [0.15, 0.2) is 72.8 Å². The molecule has 0 aliphatic carbocycles. The Balaban J connectivity index is 1.75. The van der Waals surface area contributed by atoms with Gasteiger partial charge < -0.3 is 4.74 Å². The van der Waals surface area contributed by atoms with E-state index in [0.29, 0.717) is 28.4 Å². The lowest BCUT2D eigenvalue weighted by Crippen LogP contribution is -2.01. The molecule has 0 radical (unpaired) electrons. The molecule has 0 bridgehead atoms. The number of hydrogen-bond acceptors (Lipinski definition) is 3. The van der Waals surface area contributed by atoms with Crippen LogP contribution in [0.5, 0.6) is 5.88 Å². The highest BCUT2D eigenvalue weighted by molar-refractivity contribution is 6.31. The average Bonchev–Trinajstić information content (AvgIpc) is 2.67. The van der Waals surface area contributed by atoms with Gasteiger partial charge in [-0.15, -0.1) is 0 Å². The molecule has 1 heterocycles. The predicted molar refractivity (Wildman–Crippen MR) is 106 cm³/mol. The summed E-state index contributed by atoms with van der Waals surface area (Å²) in [6.45, 7) is 0.334. The van der Waals surface area contributed by atoms with Gasteiger partial charge in [0.05, 0.1) is 10.9 Å². The van der Waals surface area contributed by atoms with Crippen LogP contribution in [0.1, 0.15) is 5.56 Å². The number of nitrogens with zero attached hydrogens (tertiary/aromatic N) is 2. The number of rotatable bonds is 4. The van der Waals surface area contributed by atoms with Crippen molar-refractivity contribution in [2.24, 2.45) is 0 Å². The van der Waals surface area contributed by atoms with Crippen LogP contribution in [0.4, 0.5) is 0 Å². The van der Waals surface area contributed by atoms with E-state index in [0.717, 1.165) is 22.0 Å². The molecule has 128 valence electrons. The molecule has 0 atom stereocenters. The minimum Gasteiger partial charge on any atom is -0.472 e. The molecule has 0 N–H and O–H groups in total. The number of ether oxygens (including phenoxy) is 1. The van der Waals surface area contributed by atoms with Crippen LogP contribution in [0.2, 0.25) is 10.0 Å². The Kier molecular flexibility index (Phi) is 4.74. The molecule has 0 saturated carbocycles. The summed E-state index contributed by atoms with van der Waals surface area (Å²) in [7, 11) is 0. The summed E-state index contributed by atoms with van der Waals surface area (Å²) in [6.07, 6.45) is 0. The van der Waals surface area contributed by atoms with Gasteiger partial charge in [0.25, 0.3) is 0 Å². The van der Waals surface area contributed by atoms with Crippen LogP contribution in [0.3, 0.4) is 0 Å². The maximum Gasteiger partial charge on any atom is 0.225 e. The van der Waals surface area contributed by atoms with E-state index in [1.54, 1.807) is 0 Å². The van der Waals surface area contributed by atoms with Crippen LogP contribution in [-0.2, 0) is 6.61 Å². The van der Waals surface area contributed by atoms with Gasteiger partial charge in [0, 0.05) is 21.2 Å². The second kappa shape index (κ2) is 7.32. The van der Waals surface area contributed by atoms with Gasteiger partial charge in [0.15, 0.2) is 5.82 Å². The number of fused-ring (bicyclic) bond motifs is 1. The van der Waals surface area contributed by atoms with Crippen molar-refractivity contribution in [1.29, 1.82) is 0 Å². The topological polar surface area (TPSA) is 35.0 Å². The number of halogens is 2. The molecule has 0 unspecified atom stereocenters. The fraction of sp³-hybridized carbons (Fsp3) is 0.0476. The minimum absolute atomic E-state index is 0.334. The Morgan fingerprint density at radius 2 is 1.50 bits per heavy atom. The molecule has 0 saturated heterocycles. The third kappa shape index (κ3) is 3.50. The zero-order valence-corrected chi connectivity index (χ0v) is 15.2. The summed E-state index contributed by atoms with van der Waals surface area (Å²) in [5.74, 6) is 1.12. The first-order valence-electron chi connectivity index (χ1n) is 8.09. The van der Waals surface area contributed by atoms with Gasteiger partial charge in [-0.3, -0.25) is 0 Å². The highest BCUT2D eigenvalue weighted by atomic mass is 35.5. The van der Waals surface area contributed by atoms with E-state index in [1.807, 2.05) is 72.8 Å². The van der Waals surface area contributed by atoms with E-state index in [9.17, 15) is 0 Å². The van der Waals surface area contributed by atoms with Gasteiger partial charge in [-0.05, 0) is 42.5 Å². The summed E-state index contributed by atoms with van der Waals surface area (Å²) in [4.78, 5) is 9.27. The molecule has 5 heteroatoms. The highest BCUT2D eigenvalue weighted by Gasteiger charge is 2.11. The maximum atomic E-state index is 6.23. The molecule has 4 rings (SSSR count). The second-order valence-corrected chi connectivity index (χ2v) is 6.60. The van der Waals surface area contributed by atoms with Crippen molar-refractivity contribution in [1.82, 2.24) is 9.97 Å². The Labute approximate surface area is 161 Å². The van der Waals surface area contributed by atoms with Gasteiger partial charge in [0.1, 0.15) is 6.61 Å². The Morgan fingerprint density at radius 1 is 0.769 bits per heavy atom. The number of para-hydroxylation sites is 1.